The molecular formula is C34H29N7O. The number of hydrogen-bond acceptors (Lipinski definition) is 6. The number of pyridine rings is 4. The van der Waals surface area contributed by atoms with E-state index in [1.54, 1.807) is 19.6 Å². The number of imidazole rings is 1. The van der Waals surface area contributed by atoms with Crippen LogP contribution in [0.1, 0.15) is 22.5 Å². The summed E-state index contributed by atoms with van der Waals surface area (Å²) in [5.74, 6) is 7.75. The van der Waals surface area contributed by atoms with Gasteiger partial charge in [-0.05, 0) is 85.3 Å². The maximum absolute atomic E-state index is 5.63. The normalized spacial score (nSPS) is 11.2. The van der Waals surface area contributed by atoms with E-state index in [2.05, 4.69) is 62.4 Å². The fourth-order valence-electron chi connectivity index (χ4n) is 4.85. The minimum Gasteiger partial charge on any atom is -0.481 e. The Hall–Kier alpha value is -5.55. The van der Waals surface area contributed by atoms with Crippen LogP contribution >= 0.6 is 0 Å². The molecule has 0 saturated carbocycles. The third-order valence-electron chi connectivity index (χ3n) is 6.85. The first kappa shape index (κ1) is 26.7. The van der Waals surface area contributed by atoms with E-state index in [1.165, 1.54) is 0 Å². The Balaban J connectivity index is 1.59. The molecule has 0 aliphatic heterocycles. The van der Waals surface area contributed by atoms with Gasteiger partial charge in [0.05, 0.1) is 24.7 Å². The number of nitrogens with zero attached hydrogens (tertiary/aromatic N) is 7. The lowest BCUT2D eigenvalue weighted by molar-refractivity contribution is 0.399. The van der Waals surface area contributed by atoms with E-state index in [9.17, 15) is 0 Å². The monoisotopic (exact) mass is 551 g/mol. The van der Waals surface area contributed by atoms with E-state index >= 15 is 0 Å². The Morgan fingerprint density at radius 3 is 2.62 bits per heavy atom. The lowest BCUT2D eigenvalue weighted by Gasteiger charge is -2.11. The van der Waals surface area contributed by atoms with Crippen molar-refractivity contribution in [1.29, 1.82) is 0 Å². The van der Waals surface area contributed by atoms with E-state index in [0.29, 0.717) is 17.4 Å². The zero-order valence-corrected chi connectivity index (χ0v) is 24.1. The second-order valence-corrected chi connectivity index (χ2v) is 10.2. The van der Waals surface area contributed by atoms with Gasteiger partial charge in [0.15, 0.2) is 5.82 Å². The zero-order chi connectivity index (χ0) is 29.2. The molecule has 0 unspecified atom stereocenters. The lowest BCUT2D eigenvalue weighted by Crippen LogP contribution is -2.07. The Labute approximate surface area is 244 Å². The first-order valence-corrected chi connectivity index (χ1v) is 13.5. The standard InChI is InChI=1S/C34H29N7O/c1-22-15-18-41-31(19-22)39-32(28-7-6-16-36-34(28)42-5)33(41)27-11-13-30(37-21-40(3)4)38-29(27)12-9-24-8-10-26-23(2)35-17-14-25(26)20-24/h6-8,10-11,13-21H,1-5H3/b37-21+. The molecule has 5 aromatic heterocycles. The number of fused-ring (bicyclic) bond motifs is 2. The summed E-state index contributed by atoms with van der Waals surface area (Å²) in [6.45, 7) is 4.06. The number of hydrogen-bond donors (Lipinski definition) is 0. The summed E-state index contributed by atoms with van der Waals surface area (Å²) < 4.78 is 7.69. The van der Waals surface area contributed by atoms with E-state index in [0.717, 1.165) is 55.8 Å². The van der Waals surface area contributed by atoms with Gasteiger partial charge in [0.2, 0.25) is 5.88 Å². The van der Waals surface area contributed by atoms with Crippen LogP contribution in [0, 0.1) is 25.7 Å². The molecule has 0 bridgehead atoms. The average molecular weight is 552 g/mol. The van der Waals surface area contributed by atoms with Gasteiger partial charge in [-0.15, -0.1) is 0 Å². The van der Waals surface area contributed by atoms with E-state index < -0.39 is 0 Å². The van der Waals surface area contributed by atoms with Crippen LogP contribution < -0.4 is 4.74 Å². The molecule has 6 aromatic rings. The van der Waals surface area contributed by atoms with Gasteiger partial charge in [-0.2, -0.15) is 0 Å². The Bertz CT molecular complexity index is 2050. The highest BCUT2D eigenvalue weighted by Gasteiger charge is 2.22. The van der Waals surface area contributed by atoms with Crippen LogP contribution in [0.4, 0.5) is 5.82 Å². The lowest BCUT2D eigenvalue weighted by atomic mass is 10.0. The summed E-state index contributed by atoms with van der Waals surface area (Å²) in [6, 6.07) is 20.0. The highest BCUT2D eigenvalue weighted by Crippen LogP contribution is 2.38. The predicted octanol–water partition coefficient (Wildman–Crippen LogP) is 6.25. The molecule has 0 atom stereocenters. The van der Waals surface area contributed by atoms with E-state index in [4.69, 9.17) is 14.7 Å². The zero-order valence-electron chi connectivity index (χ0n) is 24.1. The van der Waals surface area contributed by atoms with Crippen LogP contribution in [0.5, 0.6) is 5.88 Å². The predicted molar refractivity (Wildman–Crippen MR) is 167 cm³/mol. The van der Waals surface area contributed by atoms with Crippen LogP contribution in [-0.4, -0.2) is 56.8 Å². The van der Waals surface area contributed by atoms with Crippen molar-refractivity contribution in [3.05, 3.63) is 102 Å². The number of aliphatic imine (C=N–C) groups is 1. The number of aryl methyl sites for hydroxylation is 2. The third kappa shape index (κ3) is 5.16. The summed E-state index contributed by atoms with van der Waals surface area (Å²) in [4.78, 5) is 25.2. The largest absolute Gasteiger partial charge is 0.481 e. The molecule has 0 fully saturated rings. The topological polar surface area (TPSA) is 80.8 Å². The molecule has 206 valence electrons. The SMILES string of the molecule is COc1ncccc1-c1nc2cc(C)ccn2c1-c1ccc(/N=C/N(C)C)nc1C#Cc1ccc2c(C)nccc2c1. The van der Waals surface area contributed by atoms with Crippen LogP contribution in [0.15, 0.2) is 84.2 Å². The fourth-order valence-corrected chi connectivity index (χ4v) is 4.85. The maximum Gasteiger partial charge on any atom is 0.222 e. The minimum absolute atomic E-state index is 0.493. The van der Waals surface area contributed by atoms with Gasteiger partial charge in [-0.3, -0.25) is 9.38 Å². The molecule has 0 saturated heterocycles. The summed E-state index contributed by atoms with van der Waals surface area (Å²) in [5.41, 5.74) is 7.54. The van der Waals surface area contributed by atoms with Gasteiger partial charge in [0.25, 0.3) is 0 Å². The van der Waals surface area contributed by atoms with E-state index in [-0.39, 0.29) is 0 Å². The van der Waals surface area contributed by atoms with Crippen molar-refractivity contribution in [1.82, 2.24) is 29.2 Å². The molecule has 6 rings (SSSR count). The van der Waals surface area contributed by atoms with Crippen molar-refractivity contribution in [3.8, 4) is 40.2 Å². The summed E-state index contributed by atoms with van der Waals surface area (Å²) in [6.07, 6.45) is 7.27. The summed E-state index contributed by atoms with van der Waals surface area (Å²) >= 11 is 0. The third-order valence-corrected chi connectivity index (χ3v) is 6.85. The first-order valence-electron chi connectivity index (χ1n) is 13.5. The molecule has 8 nitrogen and oxygen atoms in total. The number of methoxy groups -OCH3 is 1. The van der Waals surface area contributed by atoms with E-state index in [1.807, 2.05) is 74.7 Å². The van der Waals surface area contributed by atoms with Gasteiger partial charge < -0.3 is 9.64 Å². The smallest absolute Gasteiger partial charge is 0.222 e. The van der Waals surface area contributed by atoms with Crippen molar-refractivity contribution in [2.45, 2.75) is 13.8 Å². The van der Waals surface area contributed by atoms with Crippen molar-refractivity contribution in [3.63, 3.8) is 0 Å². The highest BCUT2D eigenvalue weighted by molar-refractivity contribution is 5.87. The average Bonchev–Trinajstić information content (AvgIpc) is 3.37. The molecular weight excluding hydrogens is 522 g/mol. The van der Waals surface area contributed by atoms with Gasteiger partial charge in [-0.25, -0.2) is 19.9 Å². The highest BCUT2D eigenvalue weighted by atomic mass is 16.5. The van der Waals surface area contributed by atoms with Gasteiger partial charge in [0.1, 0.15) is 17.0 Å². The second-order valence-electron chi connectivity index (χ2n) is 10.2. The summed E-state index contributed by atoms with van der Waals surface area (Å²) in [5, 5.41) is 2.20. The molecule has 0 spiro atoms. The molecule has 5 heterocycles. The van der Waals surface area contributed by atoms with Crippen LogP contribution in [-0.2, 0) is 0 Å². The fraction of sp³-hybridized carbons (Fsp3) is 0.147. The molecule has 42 heavy (non-hydrogen) atoms. The van der Waals surface area contributed by atoms with Crippen molar-refractivity contribution in [2.24, 2.45) is 4.99 Å². The Kier molecular flexibility index (Phi) is 7.07. The quantitative estimate of drug-likeness (QED) is 0.143. The van der Waals surface area contributed by atoms with Gasteiger partial charge >= 0.3 is 0 Å². The minimum atomic E-state index is 0.493. The van der Waals surface area contributed by atoms with Crippen LogP contribution in [0.25, 0.3) is 38.9 Å². The number of rotatable bonds is 5. The Morgan fingerprint density at radius 1 is 0.905 bits per heavy atom. The summed E-state index contributed by atoms with van der Waals surface area (Å²) in [7, 11) is 5.45. The maximum atomic E-state index is 5.63. The molecule has 0 radical (unpaired) electrons. The van der Waals surface area contributed by atoms with Crippen molar-refractivity contribution < 1.29 is 4.74 Å². The van der Waals surface area contributed by atoms with Gasteiger partial charge in [0, 0.05) is 54.9 Å². The molecule has 8 heteroatoms. The number of benzene rings is 1. The number of aromatic nitrogens is 5. The Morgan fingerprint density at radius 2 is 1.79 bits per heavy atom. The molecule has 0 aliphatic rings. The molecule has 0 N–H and O–H groups in total. The second kappa shape index (κ2) is 11.1. The first-order chi connectivity index (χ1) is 20.4. The van der Waals surface area contributed by atoms with Gasteiger partial charge in [-0.1, -0.05) is 12.0 Å². The van der Waals surface area contributed by atoms with Crippen LogP contribution in [0.3, 0.4) is 0 Å². The van der Waals surface area contributed by atoms with Crippen LogP contribution in [0.2, 0.25) is 0 Å². The molecule has 1 aromatic carbocycles. The molecule has 0 amide bonds. The van der Waals surface area contributed by atoms with Crippen molar-refractivity contribution in [2.75, 3.05) is 21.2 Å². The van der Waals surface area contributed by atoms with Crippen molar-refractivity contribution >= 4 is 28.6 Å². The number of ether oxygens (including phenoxy) is 1. The molecule has 0 aliphatic carbocycles.